The third kappa shape index (κ3) is 2.69. The van der Waals surface area contributed by atoms with Crippen molar-refractivity contribution in [3.63, 3.8) is 0 Å². The molecule has 1 aliphatic rings. The third-order valence-electron chi connectivity index (χ3n) is 3.44. The summed E-state index contributed by atoms with van der Waals surface area (Å²) in [5.41, 5.74) is 1.19. The van der Waals surface area contributed by atoms with Gasteiger partial charge in [0.2, 0.25) is 0 Å². The predicted molar refractivity (Wildman–Crippen MR) is 71.7 cm³/mol. The van der Waals surface area contributed by atoms with Crippen molar-refractivity contribution in [3.05, 3.63) is 21.9 Å². The zero-order chi connectivity index (χ0) is 12.3. The summed E-state index contributed by atoms with van der Waals surface area (Å²) >= 11 is 1.57. The number of likely N-dealkylation sites (N-methyl/N-ethyl adjacent to an activating group) is 1. The van der Waals surface area contributed by atoms with E-state index in [9.17, 15) is 4.79 Å². The van der Waals surface area contributed by atoms with Crippen molar-refractivity contribution in [2.75, 3.05) is 20.1 Å². The summed E-state index contributed by atoms with van der Waals surface area (Å²) in [5, 5.41) is 5.29. The van der Waals surface area contributed by atoms with E-state index < -0.39 is 0 Å². The molecule has 0 aliphatic carbocycles. The number of carbonyl (C=O) groups excluding carboxylic acids is 1. The molecule has 1 atom stereocenters. The van der Waals surface area contributed by atoms with Crippen LogP contribution in [0.25, 0.3) is 0 Å². The zero-order valence-corrected chi connectivity index (χ0v) is 11.3. The van der Waals surface area contributed by atoms with Crippen molar-refractivity contribution in [3.8, 4) is 0 Å². The Labute approximate surface area is 107 Å². The van der Waals surface area contributed by atoms with E-state index in [4.69, 9.17) is 0 Å². The molecule has 0 radical (unpaired) electrons. The summed E-state index contributed by atoms with van der Waals surface area (Å²) in [6, 6.07) is 2.52. The Bertz CT molecular complexity index is 389. The van der Waals surface area contributed by atoms with Gasteiger partial charge in [0.05, 0.1) is 4.88 Å². The van der Waals surface area contributed by atoms with Gasteiger partial charge >= 0.3 is 0 Å². The maximum atomic E-state index is 12.4. The van der Waals surface area contributed by atoms with E-state index in [-0.39, 0.29) is 5.91 Å². The summed E-state index contributed by atoms with van der Waals surface area (Å²) in [6.07, 6.45) is 3.21. The van der Waals surface area contributed by atoms with Crippen LogP contribution in [0.2, 0.25) is 0 Å². The highest BCUT2D eigenvalue weighted by molar-refractivity contribution is 7.12. The van der Waals surface area contributed by atoms with Crippen LogP contribution in [0.1, 0.15) is 35.0 Å². The standard InChI is InChI=1S/C13H20N2OS/c1-3-10-6-8-17-12(10)13(16)15-7-4-5-11(9-15)14-2/h6,8,11,14H,3-5,7,9H2,1-2H3. The number of amides is 1. The number of rotatable bonds is 3. The molecule has 1 amide bonds. The van der Waals surface area contributed by atoms with Gasteiger partial charge in [0.25, 0.3) is 5.91 Å². The first-order chi connectivity index (χ1) is 8.26. The monoisotopic (exact) mass is 252 g/mol. The zero-order valence-electron chi connectivity index (χ0n) is 10.5. The fourth-order valence-electron chi connectivity index (χ4n) is 2.34. The van der Waals surface area contributed by atoms with E-state index in [1.165, 1.54) is 12.0 Å². The first kappa shape index (κ1) is 12.6. The van der Waals surface area contributed by atoms with Crippen LogP contribution in [0.3, 0.4) is 0 Å². The van der Waals surface area contributed by atoms with Crippen LogP contribution in [0.4, 0.5) is 0 Å². The van der Waals surface area contributed by atoms with Gasteiger partial charge in [0, 0.05) is 19.1 Å². The summed E-state index contributed by atoms with van der Waals surface area (Å²) in [5.74, 6) is 0.219. The van der Waals surface area contributed by atoms with Crippen LogP contribution in [0.15, 0.2) is 11.4 Å². The van der Waals surface area contributed by atoms with E-state index in [0.717, 1.165) is 30.8 Å². The number of piperidine rings is 1. The lowest BCUT2D eigenvalue weighted by atomic mass is 10.1. The van der Waals surface area contributed by atoms with Gasteiger partial charge in [-0.15, -0.1) is 11.3 Å². The van der Waals surface area contributed by atoms with Crippen LogP contribution in [-0.2, 0) is 6.42 Å². The lowest BCUT2D eigenvalue weighted by molar-refractivity contribution is 0.0702. The molecule has 17 heavy (non-hydrogen) atoms. The maximum Gasteiger partial charge on any atom is 0.264 e. The second-order valence-corrected chi connectivity index (χ2v) is 5.42. The van der Waals surface area contributed by atoms with Gasteiger partial charge in [-0.3, -0.25) is 4.79 Å². The van der Waals surface area contributed by atoms with Crippen molar-refractivity contribution in [2.45, 2.75) is 32.2 Å². The molecule has 4 heteroatoms. The Kier molecular flexibility index (Phi) is 4.18. The molecule has 1 fully saturated rings. The van der Waals surface area contributed by atoms with E-state index in [2.05, 4.69) is 18.3 Å². The minimum absolute atomic E-state index is 0.219. The number of likely N-dealkylation sites (tertiary alicyclic amines) is 1. The van der Waals surface area contributed by atoms with Crippen LogP contribution < -0.4 is 5.32 Å². The van der Waals surface area contributed by atoms with Crippen LogP contribution >= 0.6 is 11.3 Å². The lowest BCUT2D eigenvalue weighted by Crippen LogP contribution is -2.46. The Balaban J connectivity index is 2.09. The average Bonchev–Trinajstić information content (AvgIpc) is 2.86. The molecule has 0 aromatic carbocycles. The SMILES string of the molecule is CCc1ccsc1C(=O)N1CCCC(NC)C1. The summed E-state index contributed by atoms with van der Waals surface area (Å²) < 4.78 is 0. The average molecular weight is 252 g/mol. The molecule has 2 heterocycles. The van der Waals surface area contributed by atoms with E-state index in [1.54, 1.807) is 11.3 Å². The summed E-state index contributed by atoms with van der Waals surface area (Å²) in [7, 11) is 1.97. The molecule has 1 saturated heterocycles. The van der Waals surface area contributed by atoms with Gasteiger partial charge in [0.1, 0.15) is 0 Å². The molecular formula is C13H20N2OS. The molecule has 94 valence electrons. The van der Waals surface area contributed by atoms with Crippen LogP contribution in [-0.4, -0.2) is 37.0 Å². The molecule has 2 rings (SSSR count). The van der Waals surface area contributed by atoms with Crippen molar-refractivity contribution >= 4 is 17.2 Å². The Morgan fingerprint density at radius 3 is 3.18 bits per heavy atom. The minimum atomic E-state index is 0.219. The van der Waals surface area contributed by atoms with Crippen LogP contribution in [0, 0.1) is 0 Å². The topological polar surface area (TPSA) is 32.3 Å². The van der Waals surface area contributed by atoms with Crippen molar-refractivity contribution in [1.82, 2.24) is 10.2 Å². The number of nitrogens with one attached hydrogen (secondary N) is 1. The highest BCUT2D eigenvalue weighted by atomic mass is 32.1. The van der Waals surface area contributed by atoms with Gasteiger partial charge in [-0.25, -0.2) is 0 Å². The second kappa shape index (κ2) is 5.65. The molecule has 3 nitrogen and oxygen atoms in total. The molecule has 1 aliphatic heterocycles. The largest absolute Gasteiger partial charge is 0.336 e. The van der Waals surface area contributed by atoms with Crippen molar-refractivity contribution in [1.29, 1.82) is 0 Å². The number of thiophene rings is 1. The normalized spacial score (nSPS) is 20.6. The van der Waals surface area contributed by atoms with Gasteiger partial charge < -0.3 is 10.2 Å². The maximum absolute atomic E-state index is 12.4. The quantitative estimate of drug-likeness (QED) is 0.894. The second-order valence-electron chi connectivity index (χ2n) is 4.51. The number of aryl methyl sites for hydroxylation is 1. The number of hydrogen-bond acceptors (Lipinski definition) is 3. The first-order valence-corrected chi connectivity index (χ1v) is 7.17. The fraction of sp³-hybridized carbons (Fsp3) is 0.615. The van der Waals surface area contributed by atoms with Gasteiger partial charge in [0.15, 0.2) is 0 Å². The van der Waals surface area contributed by atoms with Gasteiger partial charge in [-0.1, -0.05) is 6.92 Å². The first-order valence-electron chi connectivity index (χ1n) is 6.29. The number of carbonyl (C=O) groups is 1. The highest BCUT2D eigenvalue weighted by Crippen LogP contribution is 2.21. The lowest BCUT2D eigenvalue weighted by Gasteiger charge is -2.32. The Morgan fingerprint density at radius 2 is 2.47 bits per heavy atom. The van der Waals surface area contributed by atoms with E-state index >= 15 is 0 Å². The van der Waals surface area contributed by atoms with Gasteiger partial charge in [-0.2, -0.15) is 0 Å². The molecule has 1 unspecified atom stereocenters. The number of hydrogen-bond donors (Lipinski definition) is 1. The fourth-order valence-corrected chi connectivity index (χ4v) is 3.30. The molecule has 0 spiro atoms. The smallest absolute Gasteiger partial charge is 0.264 e. The molecule has 1 aromatic heterocycles. The summed E-state index contributed by atoms with van der Waals surface area (Å²) in [6.45, 7) is 3.85. The van der Waals surface area contributed by atoms with Crippen molar-refractivity contribution < 1.29 is 4.79 Å². The predicted octanol–water partition coefficient (Wildman–Crippen LogP) is 2.13. The molecule has 0 bridgehead atoms. The molecule has 1 N–H and O–H groups in total. The molecule has 0 saturated carbocycles. The third-order valence-corrected chi connectivity index (χ3v) is 4.38. The molecular weight excluding hydrogens is 232 g/mol. The summed E-state index contributed by atoms with van der Waals surface area (Å²) in [4.78, 5) is 15.3. The van der Waals surface area contributed by atoms with Crippen LogP contribution in [0.5, 0.6) is 0 Å². The van der Waals surface area contributed by atoms with E-state index in [1.807, 2.05) is 17.3 Å². The van der Waals surface area contributed by atoms with Gasteiger partial charge in [-0.05, 0) is 43.3 Å². The van der Waals surface area contributed by atoms with E-state index in [0.29, 0.717) is 6.04 Å². The number of nitrogens with zero attached hydrogens (tertiary/aromatic N) is 1. The Morgan fingerprint density at radius 1 is 1.65 bits per heavy atom. The minimum Gasteiger partial charge on any atom is -0.336 e. The highest BCUT2D eigenvalue weighted by Gasteiger charge is 2.25. The Hall–Kier alpha value is -0.870. The van der Waals surface area contributed by atoms with Crippen molar-refractivity contribution in [2.24, 2.45) is 0 Å². The molecule has 1 aromatic rings.